The number of nitrogens with zero attached hydrogens (tertiary/aromatic N) is 1. The van der Waals surface area contributed by atoms with E-state index < -0.39 is 17.8 Å². The van der Waals surface area contributed by atoms with Gasteiger partial charge in [0.15, 0.2) is 0 Å². The Hall–Kier alpha value is -0.780. The fraction of sp³-hybridized carbons (Fsp3) is 0.900. The van der Waals surface area contributed by atoms with E-state index in [1.807, 2.05) is 0 Å². The van der Waals surface area contributed by atoms with Crippen molar-refractivity contribution in [3.05, 3.63) is 0 Å². The molecule has 1 atom stereocenters. The number of rotatable bonds is 3. The summed E-state index contributed by atoms with van der Waals surface area (Å²) in [6, 6.07) is -1.60. The van der Waals surface area contributed by atoms with Gasteiger partial charge in [0.2, 0.25) is 5.91 Å². The van der Waals surface area contributed by atoms with Crippen LogP contribution in [0, 0.1) is 0 Å². The fourth-order valence-electron chi connectivity index (χ4n) is 2.02. The summed E-state index contributed by atoms with van der Waals surface area (Å²) in [5, 5.41) is 1.05. The van der Waals surface area contributed by atoms with E-state index in [-0.39, 0.29) is 18.7 Å². The van der Waals surface area contributed by atoms with Crippen LogP contribution in [-0.2, 0) is 4.79 Å². The second kappa shape index (κ2) is 4.24. The first kappa shape index (κ1) is 13.3. The van der Waals surface area contributed by atoms with E-state index in [1.54, 1.807) is 20.8 Å². The van der Waals surface area contributed by atoms with E-state index in [1.165, 1.54) is 0 Å². The fourth-order valence-corrected chi connectivity index (χ4v) is 2.02. The van der Waals surface area contributed by atoms with E-state index >= 15 is 0 Å². The van der Waals surface area contributed by atoms with Crippen molar-refractivity contribution >= 4 is 5.91 Å². The largest absolute Gasteiger partial charge is 0.405 e. The molecule has 0 spiro atoms. The molecule has 0 aromatic carbocycles. The Morgan fingerprint density at radius 3 is 2.38 bits per heavy atom. The summed E-state index contributed by atoms with van der Waals surface area (Å²) in [5.74, 6) is -0.352. The van der Waals surface area contributed by atoms with Crippen LogP contribution in [0.3, 0.4) is 0 Å². The van der Waals surface area contributed by atoms with Crippen molar-refractivity contribution in [2.45, 2.75) is 57.8 Å². The predicted octanol–water partition coefficient (Wildman–Crippen LogP) is 2.23. The Labute approximate surface area is 93.0 Å². The molecule has 1 amide bonds. The summed E-state index contributed by atoms with van der Waals surface area (Å²) in [5.41, 5.74) is 1.52. The minimum Gasteiger partial charge on any atom is -0.288 e. The highest BCUT2D eigenvalue weighted by atomic mass is 19.4. The molecule has 0 aliphatic carbocycles. The summed E-state index contributed by atoms with van der Waals surface area (Å²) in [4.78, 5) is 11.2. The quantitative estimate of drug-likeness (QED) is 0.817. The first-order valence-electron chi connectivity index (χ1n) is 5.34. The average molecular weight is 238 g/mol. The summed E-state index contributed by atoms with van der Waals surface area (Å²) >= 11 is 0. The average Bonchev–Trinajstić information content (AvgIpc) is 2.33. The predicted molar refractivity (Wildman–Crippen MR) is 53.4 cm³/mol. The van der Waals surface area contributed by atoms with E-state index in [0.29, 0.717) is 6.42 Å². The van der Waals surface area contributed by atoms with Crippen molar-refractivity contribution in [1.82, 2.24) is 10.4 Å². The van der Waals surface area contributed by atoms with Crippen LogP contribution >= 0.6 is 0 Å². The molecule has 1 rings (SSSR count). The third-order valence-corrected chi connectivity index (χ3v) is 2.74. The van der Waals surface area contributed by atoms with Crippen LogP contribution < -0.4 is 5.43 Å². The molecule has 3 nitrogen and oxygen atoms in total. The van der Waals surface area contributed by atoms with E-state index in [0.717, 1.165) is 5.01 Å². The second-order valence-corrected chi connectivity index (χ2v) is 4.74. The Bertz CT molecular complexity index is 276. The molecule has 0 bridgehead atoms. The molecular formula is C10H17F3N2O. The van der Waals surface area contributed by atoms with E-state index in [4.69, 9.17) is 0 Å². The van der Waals surface area contributed by atoms with Crippen molar-refractivity contribution in [2.24, 2.45) is 0 Å². The number of nitrogens with one attached hydrogen (secondary N) is 1. The van der Waals surface area contributed by atoms with Crippen LogP contribution in [0.1, 0.15) is 40.0 Å². The highest BCUT2D eigenvalue weighted by Gasteiger charge is 2.51. The van der Waals surface area contributed by atoms with Gasteiger partial charge in [0.1, 0.15) is 6.04 Å². The molecule has 0 unspecified atom stereocenters. The van der Waals surface area contributed by atoms with Gasteiger partial charge in [-0.2, -0.15) is 13.2 Å². The first-order valence-corrected chi connectivity index (χ1v) is 5.34. The molecule has 1 saturated heterocycles. The molecule has 0 aromatic rings. The van der Waals surface area contributed by atoms with Crippen LogP contribution in [0.15, 0.2) is 0 Å². The minimum atomic E-state index is -4.31. The Morgan fingerprint density at radius 1 is 1.50 bits per heavy atom. The molecule has 1 aliphatic heterocycles. The maximum Gasteiger partial charge on any atom is 0.405 e. The third kappa shape index (κ3) is 2.66. The summed E-state index contributed by atoms with van der Waals surface area (Å²) in [6.07, 6.45) is -3.80. The number of hydrogen-bond donors (Lipinski definition) is 1. The molecule has 0 aromatic heterocycles. The van der Waals surface area contributed by atoms with Crippen LogP contribution in [-0.4, -0.2) is 28.7 Å². The summed E-state index contributed by atoms with van der Waals surface area (Å²) in [7, 11) is 0. The van der Waals surface area contributed by atoms with Crippen molar-refractivity contribution < 1.29 is 18.0 Å². The lowest BCUT2D eigenvalue weighted by Gasteiger charge is -2.37. The van der Waals surface area contributed by atoms with Crippen LogP contribution in [0.4, 0.5) is 13.2 Å². The van der Waals surface area contributed by atoms with E-state index in [2.05, 4.69) is 5.43 Å². The van der Waals surface area contributed by atoms with Gasteiger partial charge in [-0.15, -0.1) is 0 Å². The highest BCUT2D eigenvalue weighted by Crippen LogP contribution is 2.35. The Balaban J connectivity index is 2.91. The number of alkyl halides is 3. The van der Waals surface area contributed by atoms with Crippen LogP contribution in [0.2, 0.25) is 0 Å². The zero-order chi connectivity index (χ0) is 12.6. The first-order chi connectivity index (χ1) is 7.18. The molecular weight excluding hydrogens is 221 g/mol. The molecule has 0 saturated carbocycles. The molecule has 0 radical (unpaired) electrons. The molecule has 6 heteroatoms. The molecule has 16 heavy (non-hydrogen) atoms. The monoisotopic (exact) mass is 238 g/mol. The lowest BCUT2D eigenvalue weighted by Crippen LogP contribution is -2.56. The number of hydrogen-bond acceptors (Lipinski definition) is 2. The van der Waals surface area contributed by atoms with Crippen molar-refractivity contribution in [1.29, 1.82) is 0 Å². The van der Waals surface area contributed by atoms with Gasteiger partial charge < -0.3 is 0 Å². The standard InChI is InChI=1S/C10H17F3N2O/c1-4-5-7(10(11,12)13)15-9(2,3)6-8(16)14-15/h7H,4-6H2,1-3H3,(H,14,16)/t7-/m0/s1. The van der Waals surface area contributed by atoms with E-state index in [9.17, 15) is 18.0 Å². The number of hydrazine groups is 1. The topological polar surface area (TPSA) is 32.3 Å². The van der Waals surface area contributed by atoms with Crippen molar-refractivity contribution in [3.8, 4) is 0 Å². The minimum absolute atomic E-state index is 0.00674. The van der Waals surface area contributed by atoms with Gasteiger partial charge in [0.05, 0.1) is 0 Å². The maximum atomic E-state index is 12.8. The third-order valence-electron chi connectivity index (χ3n) is 2.74. The zero-order valence-electron chi connectivity index (χ0n) is 9.69. The van der Waals surface area contributed by atoms with Gasteiger partial charge in [0, 0.05) is 12.0 Å². The number of halogens is 3. The van der Waals surface area contributed by atoms with Crippen LogP contribution in [0.5, 0.6) is 0 Å². The second-order valence-electron chi connectivity index (χ2n) is 4.74. The zero-order valence-corrected chi connectivity index (χ0v) is 9.69. The van der Waals surface area contributed by atoms with Gasteiger partial charge in [-0.1, -0.05) is 13.3 Å². The van der Waals surface area contributed by atoms with Gasteiger partial charge in [-0.3, -0.25) is 10.2 Å². The smallest absolute Gasteiger partial charge is 0.288 e. The van der Waals surface area contributed by atoms with Gasteiger partial charge in [0.25, 0.3) is 0 Å². The Morgan fingerprint density at radius 2 is 2.06 bits per heavy atom. The number of amides is 1. The number of carbonyl (C=O) groups is 1. The highest BCUT2D eigenvalue weighted by molar-refractivity contribution is 5.78. The van der Waals surface area contributed by atoms with Gasteiger partial charge in [-0.05, 0) is 20.3 Å². The SMILES string of the molecule is CCC[C@H](N1NC(=O)CC1(C)C)C(F)(F)F. The molecule has 1 heterocycles. The lowest BCUT2D eigenvalue weighted by atomic mass is 9.98. The lowest BCUT2D eigenvalue weighted by molar-refractivity contribution is -0.202. The molecule has 1 fully saturated rings. The molecule has 1 aliphatic rings. The van der Waals surface area contributed by atoms with Crippen LogP contribution in [0.25, 0.3) is 0 Å². The molecule has 94 valence electrons. The normalized spacial score (nSPS) is 23.2. The maximum absolute atomic E-state index is 12.8. The van der Waals surface area contributed by atoms with Gasteiger partial charge in [-0.25, -0.2) is 5.01 Å². The summed E-state index contributed by atoms with van der Waals surface area (Å²) in [6.45, 7) is 4.97. The Kier molecular flexibility index (Phi) is 3.52. The summed E-state index contributed by atoms with van der Waals surface area (Å²) < 4.78 is 38.5. The van der Waals surface area contributed by atoms with Gasteiger partial charge >= 0.3 is 6.18 Å². The van der Waals surface area contributed by atoms with Crippen molar-refractivity contribution in [3.63, 3.8) is 0 Å². The molecule has 1 N–H and O–H groups in total. The number of carbonyl (C=O) groups excluding carboxylic acids is 1. The van der Waals surface area contributed by atoms with Crippen molar-refractivity contribution in [2.75, 3.05) is 0 Å².